The van der Waals surface area contributed by atoms with Gasteiger partial charge in [0.05, 0.1) is 0 Å². The molecule has 0 aliphatic rings. The molecule has 1 radical (unpaired) electrons. The van der Waals surface area contributed by atoms with Crippen molar-refractivity contribution in [2.45, 2.75) is 37.1 Å². The number of rotatable bonds is 6. The minimum absolute atomic E-state index is 0. The molecule has 0 aromatic heterocycles. The van der Waals surface area contributed by atoms with E-state index in [2.05, 4.69) is 0 Å². The van der Waals surface area contributed by atoms with Crippen LogP contribution in [0.2, 0.25) is 0 Å². The molecule has 0 rings (SSSR count). The predicted octanol–water partition coefficient (Wildman–Crippen LogP) is 3.97. The average molecular weight is 826 g/mol. The summed E-state index contributed by atoms with van der Waals surface area (Å²) in [7, 11) is 1.00. The molecular formula is C16H7F18O7Yb. The van der Waals surface area contributed by atoms with E-state index >= 15 is 0 Å². The number of ketones is 6. The van der Waals surface area contributed by atoms with E-state index in [0.29, 0.717) is 0 Å². The zero-order chi connectivity index (χ0) is 34.6. The van der Waals surface area contributed by atoms with Crippen LogP contribution in [0.3, 0.4) is 0 Å². The van der Waals surface area contributed by atoms with Crippen molar-refractivity contribution in [2.75, 3.05) is 7.11 Å². The van der Waals surface area contributed by atoms with Crippen LogP contribution in [0.1, 0.15) is 0 Å². The molecule has 253 valence electrons. The van der Waals surface area contributed by atoms with Crippen LogP contribution in [0.5, 0.6) is 0 Å². The molecule has 42 heavy (non-hydrogen) atoms. The van der Waals surface area contributed by atoms with Crippen LogP contribution in [0.4, 0.5) is 79.0 Å². The summed E-state index contributed by atoms with van der Waals surface area (Å²) in [6, 6.07) is 0. The Morgan fingerprint density at radius 1 is 0.333 bits per heavy atom. The number of aliphatic hydroxyl groups excluding tert-OH is 1. The van der Waals surface area contributed by atoms with E-state index in [1.807, 2.05) is 0 Å². The van der Waals surface area contributed by atoms with E-state index < -0.39 is 91.0 Å². The minimum Gasteiger partial charge on any atom is -0.400 e. The molecule has 0 heterocycles. The summed E-state index contributed by atoms with van der Waals surface area (Å²) >= 11 is 0. The van der Waals surface area contributed by atoms with Crippen molar-refractivity contribution in [3.8, 4) is 0 Å². The summed E-state index contributed by atoms with van der Waals surface area (Å²) in [4.78, 5) is 58.9. The van der Waals surface area contributed by atoms with Crippen LogP contribution < -0.4 is 0 Å². The second-order valence-corrected chi connectivity index (χ2v) is 5.61. The molecule has 0 aromatic rings. The molecule has 0 unspecified atom stereocenters. The second kappa shape index (κ2) is 18.5. The van der Waals surface area contributed by atoms with E-state index in [1.54, 1.807) is 0 Å². The first-order valence-corrected chi connectivity index (χ1v) is 8.31. The standard InChI is InChI=1S/3C5HF6O2.CH4O.Yb/c3*6-4(7,8)2(12)1-3(13)5(9,10)11;1-2;/h3*1H;2H,1H3;/q3*-1;;+3. The van der Waals surface area contributed by atoms with E-state index in [1.165, 1.54) is 0 Å². The summed E-state index contributed by atoms with van der Waals surface area (Å²) in [6.45, 7) is 0. The summed E-state index contributed by atoms with van der Waals surface area (Å²) in [6.07, 6.45) is -35.8. The van der Waals surface area contributed by atoms with Crippen LogP contribution in [0, 0.1) is 66.2 Å². The van der Waals surface area contributed by atoms with E-state index in [-0.39, 0.29) is 46.9 Å². The third kappa shape index (κ3) is 24.4. The monoisotopic (exact) mass is 827 g/mol. The average Bonchev–Trinajstić information content (AvgIpc) is 2.71. The van der Waals surface area contributed by atoms with E-state index in [0.717, 1.165) is 7.11 Å². The number of hydrogen-bond donors (Lipinski definition) is 1. The van der Waals surface area contributed by atoms with Crippen LogP contribution >= 0.6 is 0 Å². The first-order valence-electron chi connectivity index (χ1n) is 8.31. The fourth-order valence-corrected chi connectivity index (χ4v) is 0.848. The minimum atomic E-state index is -5.46. The molecule has 0 aliphatic carbocycles. The van der Waals surface area contributed by atoms with Crippen LogP contribution in [0.15, 0.2) is 0 Å². The number of alkyl halides is 18. The van der Waals surface area contributed by atoms with Gasteiger partial charge in [0.25, 0.3) is 0 Å². The van der Waals surface area contributed by atoms with Gasteiger partial charge in [-0.25, -0.2) is 19.3 Å². The van der Waals surface area contributed by atoms with Gasteiger partial charge in [0.2, 0.25) is 0 Å². The van der Waals surface area contributed by atoms with Gasteiger partial charge in [-0.15, -0.1) is 0 Å². The zero-order valence-electron chi connectivity index (χ0n) is 18.7. The molecular weight excluding hydrogens is 819 g/mol. The summed E-state index contributed by atoms with van der Waals surface area (Å²) < 4.78 is 203. The third-order valence-corrected chi connectivity index (χ3v) is 2.46. The summed E-state index contributed by atoms with van der Waals surface area (Å²) in [5, 5.41) is 7.00. The van der Waals surface area contributed by atoms with Crippen molar-refractivity contribution in [1.82, 2.24) is 0 Å². The Balaban J connectivity index is -0.000000156. The molecule has 0 saturated carbocycles. The first-order chi connectivity index (χ1) is 17.6. The number of hydrogen-bond acceptors (Lipinski definition) is 7. The smallest absolute Gasteiger partial charge is 0.400 e. The van der Waals surface area contributed by atoms with Crippen molar-refractivity contribution >= 4 is 34.7 Å². The van der Waals surface area contributed by atoms with Crippen LogP contribution in [-0.4, -0.2) is 84.0 Å². The van der Waals surface area contributed by atoms with Crippen molar-refractivity contribution in [2.24, 2.45) is 0 Å². The Bertz CT molecular complexity index is 730. The van der Waals surface area contributed by atoms with Gasteiger partial charge in [0.15, 0.2) is 0 Å². The maximum atomic E-state index is 11.3. The Kier molecular flexibility index (Phi) is 21.8. The van der Waals surface area contributed by atoms with Gasteiger partial charge >= 0.3 is 84.0 Å². The molecule has 0 spiro atoms. The van der Waals surface area contributed by atoms with Crippen LogP contribution in [-0.2, 0) is 28.8 Å². The fourth-order valence-electron chi connectivity index (χ4n) is 0.848. The second-order valence-electron chi connectivity index (χ2n) is 5.61. The van der Waals surface area contributed by atoms with Gasteiger partial charge in [-0.05, 0) is 0 Å². The van der Waals surface area contributed by atoms with Crippen molar-refractivity contribution in [1.29, 1.82) is 0 Å². The Morgan fingerprint density at radius 2 is 0.405 bits per heavy atom. The van der Waals surface area contributed by atoms with Gasteiger partial charge in [0, 0.05) is 7.11 Å². The third-order valence-electron chi connectivity index (χ3n) is 2.46. The molecule has 1 N–H and O–H groups in total. The largest absolute Gasteiger partial charge is 3.00 e. The molecule has 0 aliphatic heterocycles. The van der Waals surface area contributed by atoms with Gasteiger partial charge in [0.1, 0.15) is 34.7 Å². The molecule has 0 fully saturated rings. The maximum Gasteiger partial charge on any atom is 3.00 e. The Hall–Kier alpha value is -2.15. The van der Waals surface area contributed by atoms with Crippen LogP contribution in [0.25, 0.3) is 0 Å². The van der Waals surface area contributed by atoms with Gasteiger partial charge in [-0.3, -0.25) is 0 Å². The molecule has 0 atom stereocenters. The number of aliphatic hydroxyl groups is 1. The summed E-state index contributed by atoms with van der Waals surface area (Å²) in [5.74, 6) is -16.9. The quantitative estimate of drug-likeness (QED) is 0.245. The number of carbonyl (C=O) groups excluding carboxylic acids is 6. The number of Topliss-reactive ketones (excluding diaryl/α,β-unsaturated/α-hetero) is 6. The van der Waals surface area contributed by atoms with Gasteiger partial charge in [-0.1, -0.05) is 0 Å². The first kappa shape index (κ1) is 49.5. The fraction of sp³-hybridized carbons (Fsp3) is 0.438. The molecule has 0 amide bonds. The van der Waals surface area contributed by atoms with Crippen molar-refractivity contribution in [3.63, 3.8) is 0 Å². The summed E-state index contributed by atoms with van der Waals surface area (Å²) in [5.41, 5.74) is 0. The van der Waals surface area contributed by atoms with Gasteiger partial charge < -0.3 is 33.9 Å². The Labute approximate surface area is 257 Å². The van der Waals surface area contributed by atoms with Crippen molar-refractivity contribution in [3.05, 3.63) is 19.3 Å². The normalized spacial score (nSPS) is 11.7. The molecule has 7 nitrogen and oxygen atoms in total. The van der Waals surface area contributed by atoms with Crippen molar-refractivity contribution < 1.29 is 160 Å². The van der Waals surface area contributed by atoms with Gasteiger partial charge in [-0.2, -0.15) is 79.0 Å². The molecule has 26 heteroatoms. The molecule has 0 aromatic carbocycles. The topological polar surface area (TPSA) is 123 Å². The Morgan fingerprint density at radius 3 is 0.452 bits per heavy atom. The SMILES string of the molecule is CO.O=C([CH-]C(=O)C(F)(F)F)C(F)(F)F.O=C([CH-]C(=O)C(F)(F)F)C(F)(F)F.O=C([CH-]C(=O)C(F)(F)F)C(F)(F)F.[Yb+3]. The van der Waals surface area contributed by atoms with E-state index in [4.69, 9.17) is 5.11 Å². The number of halogens is 18. The van der Waals surface area contributed by atoms with E-state index in [9.17, 15) is 108 Å². The predicted molar refractivity (Wildman–Crippen MR) is 87.4 cm³/mol. The molecule has 0 saturated heterocycles. The number of carbonyl (C=O) groups is 6. The maximum absolute atomic E-state index is 11.3. The molecule has 0 bridgehead atoms. The zero-order valence-corrected chi connectivity index (χ0v) is 20.4.